The van der Waals surface area contributed by atoms with E-state index in [1.165, 1.54) is 10.4 Å². The average molecular weight is 202 g/mol. The highest BCUT2D eigenvalue weighted by molar-refractivity contribution is 7.12. The van der Waals surface area contributed by atoms with Crippen molar-refractivity contribution in [3.05, 3.63) is 20.9 Å². The number of halogens is 2. The number of fused-ring (bicyclic) bond motifs is 1. The van der Waals surface area contributed by atoms with E-state index in [2.05, 4.69) is 0 Å². The molecular weight excluding hydrogens is 190 g/mol. The van der Waals surface area contributed by atoms with E-state index in [0.29, 0.717) is 6.42 Å². The lowest BCUT2D eigenvalue weighted by Crippen LogP contribution is -2.25. The van der Waals surface area contributed by atoms with Gasteiger partial charge in [-0.3, -0.25) is 0 Å². The number of hydrogen-bond donors (Lipinski definition) is 0. The maximum atomic E-state index is 13.1. The van der Waals surface area contributed by atoms with Crippen LogP contribution in [0.2, 0.25) is 0 Å². The Labute approximate surface area is 80.6 Å². The second kappa shape index (κ2) is 2.77. The van der Waals surface area contributed by atoms with E-state index in [-0.39, 0.29) is 12.8 Å². The molecule has 1 heterocycles. The van der Waals surface area contributed by atoms with Gasteiger partial charge in [0.15, 0.2) is 0 Å². The molecule has 0 fully saturated rings. The molecule has 1 aliphatic rings. The lowest BCUT2D eigenvalue weighted by molar-refractivity contribution is -0.0122. The third-order valence-corrected chi connectivity index (χ3v) is 3.80. The first kappa shape index (κ1) is 9.13. The normalized spacial score (nSPS) is 20.0. The van der Waals surface area contributed by atoms with Crippen LogP contribution in [-0.2, 0) is 12.8 Å². The van der Waals surface area contributed by atoms with Gasteiger partial charge in [0.2, 0.25) is 0 Å². The van der Waals surface area contributed by atoms with Crippen LogP contribution in [0.15, 0.2) is 0 Å². The summed E-state index contributed by atoms with van der Waals surface area (Å²) in [6.07, 6.45) is 0.536. The molecule has 0 spiro atoms. The number of aryl methyl sites for hydroxylation is 2. The van der Waals surface area contributed by atoms with E-state index in [9.17, 15) is 8.78 Å². The highest BCUT2D eigenvalue weighted by Crippen LogP contribution is 2.39. The van der Waals surface area contributed by atoms with Crippen molar-refractivity contribution in [2.45, 2.75) is 39.0 Å². The SMILES string of the molecule is Cc1sc(C)c2c1CCC(F)(F)C2. The van der Waals surface area contributed by atoms with Gasteiger partial charge in [-0.05, 0) is 31.4 Å². The van der Waals surface area contributed by atoms with Gasteiger partial charge in [-0.25, -0.2) is 8.78 Å². The molecule has 0 nitrogen and oxygen atoms in total. The zero-order valence-corrected chi connectivity index (χ0v) is 8.60. The van der Waals surface area contributed by atoms with Crippen LogP contribution in [0, 0.1) is 13.8 Å². The summed E-state index contributed by atoms with van der Waals surface area (Å²) in [5.41, 5.74) is 2.10. The van der Waals surface area contributed by atoms with E-state index in [1.54, 1.807) is 11.3 Å². The van der Waals surface area contributed by atoms with Crippen LogP contribution in [0.4, 0.5) is 8.78 Å². The Hall–Kier alpha value is -0.440. The number of thiophene rings is 1. The largest absolute Gasteiger partial charge is 0.252 e. The molecule has 0 unspecified atom stereocenters. The van der Waals surface area contributed by atoms with Crippen LogP contribution < -0.4 is 0 Å². The number of rotatable bonds is 0. The molecular formula is C10H12F2S. The summed E-state index contributed by atoms with van der Waals surface area (Å²) in [6.45, 7) is 3.97. The van der Waals surface area contributed by atoms with Crippen molar-refractivity contribution < 1.29 is 8.78 Å². The molecule has 0 N–H and O–H groups in total. The van der Waals surface area contributed by atoms with Gasteiger partial charge in [0.05, 0.1) is 0 Å². The molecule has 0 saturated carbocycles. The zero-order valence-electron chi connectivity index (χ0n) is 7.79. The van der Waals surface area contributed by atoms with Crippen LogP contribution in [0.3, 0.4) is 0 Å². The molecule has 0 bridgehead atoms. The van der Waals surface area contributed by atoms with Gasteiger partial charge in [0.1, 0.15) is 0 Å². The fourth-order valence-corrected chi connectivity index (χ4v) is 3.12. The minimum Gasteiger partial charge on any atom is -0.207 e. The van der Waals surface area contributed by atoms with E-state index in [0.717, 1.165) is 10.4 Å². The summed E-state index contributed by atoms with van der Waals surface area (Å²) < 4.78 is 26.2. The van der Waals surface area contributed by atoms with Crippen molar-refractivity contribution in [3.63, 3.8) is 0 Å². The van der Waals surface area contributed by atoms with Crippen LogP contribution in [0.25, 0.3) is 0 Å². The highest BCUT2D eigenvalue weighted by atomic mass is 32.1. The molecule has 0 radical (unpaired) electrons. The monoisotopic (exact) mass is 202 g/mol. The molecule has 0 aromatic carbocycles. The fourth-order valence-electron chi connectivity index (χ4n) is 1.99. The highest BCUT2D eigenvalue weighted by Gasteiger charge is 2.36. The Morgan fingerprint density at radius 1 is 1.15 bits per heavy atom. The second-order valence-electron chi connectivity index (χ2n) is 3.70. The molecule has 3 heteroatoms. The second-order valence-corrected chi connectivity index (χ2v) is 5.13. The number of alkyl halides is 2. The molecule has 72 valence electrons. The maximum absolute atomic E-state index is 13.1. The van der Waals surface area contributed by atoms with Gasteiger partial charge in [-0.1, -0.05) is 0 Å². The van der Waals surface area contributed by atoms with E-state index in [1.807, 2.05) is 13.8 Å². The summed E-state index contributed by atoms with van der Waals surface area (Å²) in [4.78, 5) is 2.30. The van der Waals surface area contributed by atoms with Gasteiger partial charge in [0, 0.05) is 22.6 Å². The molecule has 0 saturated heterocycles. The van der Waals surface area contributed by atoms with Gasteiger partial charge in [-0.15, -0.1) is 11.3 Å². The first-order valence-corrected chi connectivity index (χ1v) is 5.27. The minimum atomic E-state index is -2.47. The standard InChI is InChI=1S/C10H12F2S/c1-6-8-3-4-10(11,12)5-9(8)7(2)13-6/h3-5H2,1-2H3. The zero-order chi connectivity index (χ0) is 9.64. The van der Waals surface area contributed by atoms with Crippen molar-refractivity contribution >= 4 is 11.3 Å². The van der Waals surface area contributed by atoms with Crippen molar-refractivity contribution in [2.75, 3.05) is 0 Å². The first-order valence-electron chi connectivity index (χ1n) is 4.45. The number of hydrogen-bond acceptors (Lipinski definition) is 1. The van der Waals surface area contributed by atoms with Crippen molar-refractivity contribution in [1.29, 1.82) is 0 Å². The van der Waals surface area contributed by atoms with E-state index < -0.39 is 5.92 Å². The van der Waals surface area contributed by atoms with Crippen LogP contribution >= 0.6 is 11.3 Å². The summed E-state index contributed by atoms with van der Waals surface area (Å²) in [6, 6.07) is 0. The molecule has 0 amide bonds. The Balaban J connectivity index is 2.45. The maximum Gasteiger partial charge on any atom is 0.252 e. The van der Waals surface area contributed by atoms with Crippen molar-refractivity contribution in [2.24, 2.45) is 0 Å². The first-order chi connectivity index (χ1) is 5.99. The smallest absolute Gasteiger partial charge is 0.207 e. The van der Waals surface area contributed by atoms with Crippen molar-refractivity contribution in [1.82, 2.24) is 0 Å². The molecule has 2 rings (SSSR count). The Kier molecular flexibility index (Phi) is 1.95. The van der Waals surface area contributed by atoms with Crippen molar-refractivity contribution in [3.8, 4) is 0 Å². The quantitative estimate of drug-likeness (QED) is 0.604. The van der Waals surface area contributed by atoms with Crippen LogP contribution in [0.1, 0.15) is 27.3 Å². The third kappa shape index (κ3) is 1.50. The topological polar surface area (TPSA) is 0 Å². The summed E-state index contributed by atoms with van der Waals surface area (Å²) >= 11 is 1.65. The molecule has 0 atom stereocenters. The van der Waals surface area contributed by atoms with Crippen LogP contribution in [-0.4, -0.2) is 5.92 Å². The van der Waals surface area contributed by atoms with Crippen LogP contribution in [0.5, 0.6) is 0 Å². The summed E-state index contributed by atoms with van der Waals surface area (Å²) in [7, 11) is 0. The van der Waals surface area contributed by atoms with Gasteiger partial charge in [-0.2, -0.15) is 0 Å². The summed E-state index contributed by atoms with van der Waals surface area (Å²) in [5.74, 6) is -2.47. The predicted molar refractivity (Wildman–Crippen MR) is 50.8 cm³/mol. The minimum absolute atomic E-state index is 0.0248. The lowest BCUT2D eigenvalue weighted by Gasteiger charge is -2.22. The lowest BCUT2D eigenvalue weighted by atomic mass is 9.90. The average Bonchev–Trinajstić information content (AvgIpc) is 2.26. The van der Waals surface area contributed by atoms with Gasteiger partial charge < -0.3 is 0 Å². The Morgan fingerprint density at radius 2 is 1.77 bits per heavy atom. The fraction of sp³-hybridized carbons (Fsp3) is 0.600. The molecule has 1 aliphatic carbocycles. The molecule has 1 aromatic rings. The molecule has 13 heavy (non-hydrogen) atoms. The van der Waals surface area contributed by atoms with E-state index in [4.69, 9.17) is 0 Å². The van der Waals surface area contributed by atoms with Gasteiger partial charge >= 0.3 is 0 Å². The van der Waals surface area contributed by atoms with Gasteiger partial charge in [0.25, 0.3) is 5.92 Å². The Bertz CT molecular complexity index is 339. The molecule has 1 aromatic heterocycles. The Morgan fingerprint density at radius 3 is 2.46 bits per heavy atom. The summed E-state index contributed by atoms with van der Waals surface area (Å²) in [5, 5.41) is 0. The predicted octanol–water partition coefficient (Wildman–Crippen LogP) is 3.49. The third-order valence-electron chi connectivity index (χ3n) is 2.70. The molecule has 0 aliphatic heterocycles. The van der Waals surface area contributed by atoms with E-state index >= 15 is 0 Å².